The van der Waals surface area contributed by atoms with E-state index in [0.29, 0.717) is 28.8 Å². The maximum absolute atomic E-state index is 7.39. The average Bonchev–Trinajstić information content (AvgIpc) is 1.63. The molecule has 0 bridgehead atoms. The van der Waals surface area contributed by atoms with Crippen molar-refractivity contribution in [3.63, 3.8) is 0 Å². The van der Waals surface area contributed by atoms with Gasteiger partial charge in [-0.1, -0.05) is 202 Å². The van der Waals surface area contributed by atoms with Gasteiger partial charge in [-0.2, -0.15) is 95.1 Å². The molecule has 0 atom stereocenters. The number of para-hydroxylation sites is 4. The molecule has 0 amide bonds. The molecule has 596 valence electrons. The SMILES string of the molecule is [C-]#[N+]c1ccc2c(c1)N(c1ccccc1C)[CH-]N2c1[c-]cc(C(C)(C)C)cc1.[C-]#[N+]c1ccc2c(n1)N(c1ccccc1C)[CH-]N2c1[c-]cc(C(C)(C)C)cc1.[C-]#[N+]c1cnc2c(c1)N(c1ccccc1C)[CH-]N2c1[c-]cc(C(C)(C)C)cc1.[C-]#[N+]c1cnc2c(n1)N(c1ccccc1C)[CH-]N2c1[c-]cc(C(C)(C)C)cc1.[Ir].[Ir].[Ir].[Ir]. The van der Waals surface area contributed by atoms with Gasteiger partial charge >= 0.3 is 0 Å². The molecule has 116 heavy (non-hydrogen) atoms. The van der Waals surface area contributed by atoms with E-state index in [0.717, 1.165) is 96.6 Å². The Morgan fingerprint density at radius 2 is 0.621 bits per heavy atom. The van der Waals surface area contributed by atoms with Gasteiger partial charge in [-0.05, 0) is 105 Å². The molecule has 4 aliphatic rings. The third-order valence-corrected chi connectivity index (χ3v) is 19.9. The number of hydrogen-bond donors (Lipinski definition) is 0. The first kappa shape index (κ1) is 89.3. The van der Waals surface area contributed by atoms with Crippen LogP contribution in [0.3, 0.4) is 0 Å². The molecular weight excluding hydrogens is 2150 g/mol. The zero-order valence-corrected chi connectivity index (χ0v) is 77.2. The normalized spacial score (nSPS) is 12.9. The fourth-order valence-corrected chi connectivity index (χ4v) is 13.3. The number of aromatic nitrogens is 4. The first-order valence-electron chi connectivity index (χ1n) is 37.1. The van der Waals surface area contributed by atoms with Crippen LogP contribution >= 0.6 is 0 Å². The minimum Gasteiger partial charge on any atom is -0.494 e. The summed E-state index contributed by atoms with van der Waals surface area (Å²) in [5.74, 6) is 3.57. The van der Waals surface area contributed by atoms with Crippen molar-refractivity contribution in [1.82, 2.24) is 19.9 Å². The molecule has 16 rings (SSSR count). The molecule has 0 aliphatic carbocycles. The molecule has 0 N–H and O–H groups in total. The van der Waals surface area contributed by atoms with Gasteiger partial charge in [0.25, 0.3) is 11.6 Å². The first-order chi connectivity index (χ1) is 53.5. The maximum Gasteiger partial charge on any atom is 0.290 e. The number of aryl methyl sites for hydroxylation is 4. The molecule has 16 nitrogen and oxygen atoms in total. The summed E-state index contributed by atoms with van der Waals surface area (Å²) < 4.78 is 0. The van der Waals surface area contributed by atoms with Crippen molar-refractivity contribution in [2.45, 2.75) is 132 Å². The van der Waals surface area contributed by atoms with Gasteiger partial charge in [0.1, 0.15) is 5.82 Å². The first-order valence-corrected chi connectivity index (χ1v) is 37.1. The Bertz CT molecular complexity index is 4940. The molecule has 0 fully saturated rings. The Hall–Kier alpha value is -10.7. The molecule has 0 unspecified atom stereocenters. The van der Waals surface area contributed by atoms with Crippen molar-refractivity contribution in [2.24, 2.45) is 0 Å². The fraction of sp³-hybridized carbons (Fsp3) is 0.208. The smallest absolute Gasteiger partial charge is 0.290 e. The Kier molecular flexibility index (Phi) is 28.5. The van der Waals surface area contributed by atoms with Crippen LogP contribution in [0, 0.1) is 105 Å². The summed E-state index contributed by atoms with van der Waals surface area (Å²) >= 11 is 0. The van der Waals surface area contributed by atoms with Crippen LogP contribution in [-0.4, -0.2) is 19.9 Å². The second kappa shape index (κ2) is 37.1. The number of hydrogen-bond acceptors (Lipinski definition) is 12. The van der Waals surface area contributed by atoms with Gasteiger partial charge < -0.3 is 48.9 Å². The zero-order valence-electron chi connectivity index (χ0n) is 67.6. The summed E-state index contributed by atoms with van der Waals surface area (Å²) in [5.41, 5.74) is 23.0. The van der Waals surface area contributed by atoms with Gasteiger partial charge in [-0.15, -0.1) is 78.7 Å². The maximum atomic E-state index is 7.39. The van der Waals surface area contributed by atoms with Gasteiger partial charge in [-0.25, -0.2) is 14.7 Å². The van der Waals surface area contributed by atoms with Crippen LogP contribution < -0.4 is 39.2 Å². The Morgan fingerprint density at radius 3 is 1.03 bits per heavy atom. The summed E-state index contributed by atoms with van der Waals surface area (Å²) in [4.78, 5) is 48.8. The Balaban J connectivity index is 0.000000175. The van der Waals surface area contributed by atoms with Crippen molar-refractivity contribution >= 4 is 115 Å². The molecule has 0 saturated heterocycles. The zero-order chi connectivity index (χ0) is 79.6. The molecule has 12 aromatic rings. The standard InChI is InChI=1S/C25H23N3.2C24H22N4.C23H21N5.4Ir/c1-18-8-6-7-9-22(18)28-17-27(23-15-12-20(26-5)16-24(23)28)21-13-10-19(11-14-21)25(2,3)4;1-17-8-6-7-9-21(17)28-16-27(23-22(28)14-19(25-5)15-26-23)20-12-10-18(11-13-20)24(2,3)4;1-17-8-6-7-9-20(17)28-16-27(21-14-15-22(25-5)26-23(21)28)19-12-10-18(11-13-19)24(2,3)4;1-16-8-6-7-9-19(16)28-15-27(21-22(28)26-20(24-5)14-25-21)18-12-10-17(11-13-18)23(2,3)4;;;;/h6-13,15-17H,1-4H3;2*6-12,14-16H,1-4H3;6-12,14-15H,1-4H3;;;;/q4*-2;;;;. The van der Waals surface area contributed by atoms with Crippen LogP contribution in [0.4, 0.5) is 115 Å². The largest absolute Gasteiger partial charge is 0.494 e. The minimum atomic E-state index is 0. The second-order valence-electron chi connectivity index (χ2n) is 32.0. The molecule has 3 aromatic heterocycles. The van der Waals surface area contributed by atoms with Crippen LogP contribution in [0.25, 0.3) is 19.4 Å². The third-order valence-electron chi connectivity index (χ3n) is 19.9. The van der Waals surface area contributed by atoms with Crippen LogP contribution in [0.5, 0.6) is 0 Å². The van der Waals surface area contributed by atoms with Crippen LogP contribution in [0.1, 0.15) is 128 Å². The van der Waals surface area contributed by atoms with E-state index in [-0.39, 0.29) is 108 Å². The molecule has 9 aromatic carbocycles. The van der Waals surface area contributed by atoms with E-state index >= 15 is 0 Å². The van der Waals surface area contributed by atoms with E-state index in [1.165, 1.54) is 34.0 Å². The quantitative estimate of drug-likeness (QED) is 0.136. The van der Waals surface area contributed by atoms with Gasteiger partial charge in [0, 0.05) is 126 Å². The van der Waals surface area contributed by atoms with E-state index < -0.39 is 0 Å². The second-order valence-corrected chi connectivity index (χ2v) is 32.0. The molecule has 7 heterocycles. The number of rotatable bonds is 8. The van der Waals surface area contributed by atoms with Crippen LogP contribution in [0.2, 0.25) is 0 Å². The fourth-order valence-electron chi connectivity index (χ4n) is 13.3. The molecule has 0 saturated carbocycles. The summed E-state index contributed by atoms with van der Waals surface area (Å²) in [5, 5.41) is 0. The number of benzene rings is 9. The minimum absolute atomic E-state index is 0. The summed E-state index contributed by atoms with van der Waals surface area (Å²) in [7, 11) is 0. The predicted octanol–water partition coefficient (Wildman–Crippen LogP) is 25.8. The van der Waals surface area contributed by atoms with Crippen molar-refractivity contribution in [2.75, 3.05) is 39.2 Å². The van der Waals surface area contributed by atoms with Gasteiger partial charge in [0.15, 0.2) is 11.5 Å². The summed E-state index contributed by atoms with van der Waals surface area (Å²) in [6.45, 7) is 72.1. The van der Waals surface area contributed by atoms with E-state index in [1.54, 1.807) is 12.3 Å². The van der Waals surface area contributed by atoms with Gasteiger partial charge in [0.2, 0.25) is 17.3 Å². The van der Waals surface area contributed by atoms with E-state index in [1.807, 2.05) is 143 Å². The molecular formula is C96H88Ir4N16-8. The Morgan fingerprint density at radius 1 is 0.284 bits per heavy atom. The topological polar surface area (TPSA) is 94.9 Å². The number of fused-ring (bicyclic) bond motifs is 4. The monoisotopic (exact) mass is 2240 g/mol. The number of anilines is 16. The molecule has 20 heteroatoms. The van der Waals surface area contributed by atoms with Crippen molar-refractivity contribution in [3.05, 3.63) is 360 Å². The van der Waals surface area contributed by atoms with Crippen molar-refractivity contribution in [3.8, 4) is 0 Å². The van der Waals surface area contributed by atoms with Gasteiger partial charge in [0.05, 0.1) is 25.0 Å². The van der Waals surface area contributed by atoms with E-state index in [9.17, 15) is 0 Å². The van der Waals surface area contributed by atoms with Gasteiger partial charge in [-0.3, -0.25) is 4.98 Å². The predicted molar refractivity (Wildman–Crippen MR) is 457 cm³/mol. The van der Waals surface area contributed by atoms with Crippen LogP contribution in [0.15, 0.2) is 219 Å². The molecule has 0 spiro atoms. The van der Waals surface area contributed by atoms with Crippen molar-refractivity contribution < 1.29 is 80.4 Å². The molecule has 4 radical (unpaired) electrons. The molecule has 4 aliphatic heterocycles. The number of pyridine rings is 2. The van der Waals surface area contributed by atoms with E-state index in [4.69, 9.17) is 26.3 Å². The number of nitrogens with zero attached hydrogens (tertiary/aromatic N) is 16. The third kappa shape index (κ3) is 19.2. The summed E-state index contributed by atoms with van der Waals surface area (Å²) in [6, 6.07) is 83.0. The average molecular weight is 2230 g/mol. The van der Waals surface area contributed by atoms with Crippen LogP contribution in [-0.2, 0) is 102 Å². The van der Waals surface area contributed by atoms with Crippen molar-refractivity contribution in [1.29, 1.82) is 0 Å². The Labute approximate surface area is 740 Å². The van der Waals surface area contributed by atoms with E-state index in [2.05, 4.69) is 298 Å². The summed E-state index contributed by atoms with van der Waals surface area (Å²) in [6.07, 6.45) is 3.13.